The molecule has 138 valence electrons. The van der Waals surface area contributed by atoms with Gasteiger partial charge in [0.05, 0.1) is 11.4 Å². The number of hydrogen-bond acceptors (Lipinski definition) is 6. The van der Waals surface area contributed by atoms with Gasteiger partial charge in [-0.15, -0.1) is 0 Å². The molecule has 0 bridgehead atoms. The Balaban J connectivity index is 1.52. The summed E-state index contributed by atoms with van der Waals surface area (Å²) in [5.74, 6) is 0.142. The molecule has 2 heterocycles. The van der Waals surface area contributed by atoms with Crippen molar-refractivity contribution in [3.8, 4) is 11.5 Å². The zero-order valence-corrected chi connectivity index (χ0v) is 14.3. The first kappa shape index (κ1) is 16.5. The highest BCUT2D eigenvalue weighted by atomic mass is 16.7. The smallest absolute Gasteiger partial charge is 0.325 e. The van der Waals surface area contributed by atoms with Crippen molar-refractivity contribution in [1.29, 1.82) is 0 Å². The van der Waals surface area contributed by atoms with Gasteiger partial charge in [0.25, 0.3) is 5.91 Å². The molecule has 0 radical (unpaired) electrons. The number of fused-ring (bicyclic) bond motifs is 1. The Morgan fingerprint density at radius 1 is 1.27 bits per heavy atom. The number of hydrogen-bond donors (Lipinski definition) is 3. The number of benzene rings is 1. The topological polar surface area (TPSA) is 123 Å². The van der Waals surface area contributed by atoms with E-state index in [9.17, 15) is 14.4 Å². The minimum atomic E-state index is -0.965. The van der Waals surface area contributed by atoms with Gasteiger partial charge in [0.15, 0.2) is 11.5 Å². The number of nitrogen functional groups attached to an aromatic ring is 1. The van der Waals surface area contributed by atoms with E-state index in [2.05, 4.69) is 10.6 Å². The fourth-order valence-electron chi connectivity index (χ4n) is 3.73. The van der Waals surface area contributed by atoms with Gasteiger partial charge in [0.2, 0.25) is 12.7 Å². The molecular formula is C17H20N4O5. The number of nitrogens with two attached hydrogens (primary N) is 1. The molecule has 9 nitrogen and oxygen atoms in total. The predicted octanol–water partition coefficient (Wildman–Crippen LogP) is 1.19. The maximum absolute atomic E-state index is 12.8. The normalized spacial score (nSPS) is 21.2. The fraction of sp³-hybridized carbons (Fsp3) is 0.471. The number of amides is 4. The SMILES string of the molecule is CC(C(=O)Nc1cc2c(cc1N)OCO2)N1C(=O)NC2(CCCC2)C1=O. The highest BCUT2D eigenvalue weighted by Gasteiger charge is 2.54. The summed E-state index contributed by atoms with van der Waals surface area (Å²) in [4.78, 5) is 38.7. The Morgan fingerprint density at radius 3 is 2.62 bits per heavy atom. The molecule has 4 amide bonds. The average Bonchev–Trinajstić information content (AvgIpc) is 3.29. The number of rotatable bonds is 3. The van der Waals surface area contributed by atoms with Gasteiger partial charge in [-0.1, -0.05) is 12.8 Å². The number of carbonyl (C=O) groups is 3. The molecule has 26 heavy (non-hydrogen) atoms. The van der Waals surface area contributed by atoms with Gasteiger partial charge in [-0.3, -0.25) is 9.59 Å². The second-order valence-electron chi connectivity index (χ2n) is 6.85. The molecule has 1 saturated carbocycles. The maximum atomic E-state index is 12.8. The van der Waals surface area contributed by atoms with Crippen LogP contribution >= 0.6 is 0 Å². The summed E-state index contributed by atoms with van der Waals surface area (Å²) in [6.07, 6.45) is 2.98. The Morgan fingerprint density at radius 2 is 1.92 bits per heavy atom. The minimum absolute atomic E-state index is 0.0904. The molecule has 1 aromatic carbocycles. The standard InChI is InChI=1S/C17H20N4O5/c1-9(21-15(23)17(20-16(21)24)4-2-3-5-17)14(22)19-11-7-13-12(6-10(11)18)25-8-26-13/h6-7,9H,2-5,8,18H2,1H3,(H,19,22)(H,20,24). The Labute approximate surface area is 149 Å². The number of ether oxygens (including phenoxy) is 2. The Bertz CT molecular complexity index is 803. The van der Waals surface area contributed by atoms with E-state index in [0.29, 0.717) is 35.7 Å². The number of anilines is 2. The summed E-state index contributed by atoms with van der Waals surface area (Å²) >= 11 is 0. The highest BCUT2D eigenvalue weighted by molar-refractivity contribution is 6.11. The summed E-state index contributed by atoms with van der Waals surface area (Å²) in [7, 11) is 0. The maximum Gasteiger partial charge on any atom is 0.325 e. The van der Waals surface area contributed by atoms with Gasteiger partial charge in [-0.2, -0.15) is 0 Å². The molecular weight excluding hydrogens is 340 g/mol. The number of carbonyl (C=O) groups excluding carboxylic acids is 3. The molecule has 4 rings (SSSR count). The van der Waals surface area contributed by atoms with E-state index in [4.69, 9.17) is 15.2 Å². The van der Waals surface area contributed by atoms with Crippen molar-refractivity contribution in [3.63, 3.8) is 0 Å². The minimum Gasteiger partial charge on any atom is -0.454 e. The quantitative estimate of drug-likeness (QED) is 0.550. The largest absolute Gasteiger partial charge is 0.454 e. The fourth-order valence-corrected chi connectivity index (χ4v) is 3.73. The van der Waals surface area contributed by atoms with Crippen LogP contribution in [0.1, 0.15) is 32.6 Å². The summed E-state index contributed by atoms with van der Waals surface area (Å²) in [6.45, 7) is 1.61. The number of urea groups is 1. The second-order valence-corrected chi connectivity index (χ2v) is 6.85. The average molecular weight is 360 g/mol. The van der Waals surface area contributed by atoms with Crippen LogP contribution in [0.25, 0.3) is 0 Å². The third kappa shape index (κ3) is 2.42. The third-order valence-electron chi connectivity index (χ3n) is 5.22. The first-order valence-corrected chi connectivity index (χ1v) is 8.57. The van der Waals surface area contributed by atoms with E-state index < -0.39 is 23.5 Å². The highest BCUT2D eigenvalue weighted by Crippen LogP contribution is 2.39. The molecule has 1 saturated heterocycles. The summed E-state index contributed by atoms with van der Waals surface area (Å²) < 4.78 is 10.5. The van der Waals surface area contributed by atoms with Gasteiger partial charge < -0.3 is 25.8 Å². The van der Waals surface area contributed by atoms with Crippen molar-refractivity contribution >= 4 is 29.2 Å². The first-order chi connectivity index (χ1) is 12.4. The van der Waals surface area contributed by atoms with Crippen LogP contribution in [-0.2, 0) is 9.59 Å². The molecule has 3 aliphatic rings. The molecule has 1 unspecified atom stereocenters. The molecule has 2 fully saturated rings. The number of nitrogens with zero attached hydrogens (tertiary/aromatic N) is 1. The lowest BCUT2D eigenvalue weighted by Gasteiger charge is -2.23. The van der Waals surface area contributed by atoms with Gasteiger partial charge in [-0.05, 0) is 19.8 Å². The van der Waals surface area contributed by atoms with Crippen molar-refractivity contribution in [2.45, 2.75) is 44.2 Å². The summed E-state index contributed by atoms with van der Waals surface area (Å²) in [5, 5.41) is 5.43. The molecule has 2 aliphatic heterocycles. The van der Waals surface area contributed by atoms with Crippen LogP contribution in [0.5, 0.6) is 11.5 Å². The Hall–Kier alpha value is -2.97. The first-order valence-electron chi connectivity index (χ1n) is 8.57. The van der Waals surface area contributed by atoms with E-state index in [0.717, 1.165) is 17.7 Å². The Kier molecular flexibility index (Phi) is 3.67. The van der Waals surface area contributed by atoms with Crippen molar-refractivity contribution in [1.82, 2.24) is 10.2 Å². The lowest BCUT2D eigenvalue weighted by Crippen LogP contribution is -2.48. The van der Waals surface area contributed by atoms with Crippen LogP contribution in [-0.4, -0.2) is 41.1 Å². The summed E-state index contributed by atoms with van der Waals surface area (Å²) in [5.41, 5.74) is 5.74. The molecule has 1 atom stereocenters. The van der Waals surface area contributed by atoms with E-state index >= 15 is 0 Å². The number of nitrogens with one attached hydrogen (secondary N) is 2. The molecule has 1 aromatic rings. The van der Waals surface area contributed by atoms with Crippen molar-refractivity contribution in [2.75, 3.05) is 17.8 Å². The van der Waals surface area contributed by atoms with Crippen LogP contribution in [0.15, 0.2) is 12.1 Å². The van der Waals surface area contributed by atoms with E-state index in [1.807, 2.05) is 0 Å². The molecule has 9 heteroatoms. The van der Waals surface area contributed by atoms with E-state index in [1.165, 1.54) is 6.92 Å². The number of imide groups is 1. The third-order valence-corrected chi connectivity index (χ3v) is 5.22. The zero-order valence-electron chi connectivity index (χ0n) is 14.3. The zero-order chi connectivity index (χ0) is 18.5. The monoisotopic (exact) mass is 360 g/mol. The summed E-state index contributed by atoms with van der Waals surface area (Å²) in [6, 6.07) is 1.63. The molecule has 0 aromatic heterocycles. The van der Waals surface area contributed by atoms with Crippen LogP contribution < -0.4 is 25.8 Å². The van der Waals surface area contributed by atoms with Crippen LogP contribution in [0.3, 0.4) is 0 Å². The van der Waals surface area contributed by atoms with Crippen molar-refractivity contribution in [3.05, 3.63) is 12.1 Å². The van der Waals surface area contributed by atoms with Gasteiger partial charge >= 0.3 is 6.03 Å². The van der Waals surface area contributed by atoms with E-state index in [-0.39, 0.29) is 12.7 Å². The van der Waals surface area contributed by atoms with Crippen molar-refractivity contribution < 1.29 is 23.9 Å². The van der Waals surface area contributed by atoms with E-state index in [1.54, 1.807) is 12.1 Å². The lowest BCUT2D eigenvalue weighted by molar-refractivity contribution is -0.136. The van der Waals surface area contributed by atoms with Gasteiger partial charge in [-0.25, -0.2) is 9.69 Å². The molecule has 4 N–H and O–H groups in total. The van der Waals surface area contributed by atoms with Crippen LogP contribution in [0, 0.1) is 0 Å². The second kappa shape index (κ2) is 5.79. The molecule has 1 spiro atoms. The van der Waals surface area contributed by atoms with Gasteiger partial charge in [0, 0.05) is 12.1 Å². The van der Waals surface area contributed by atoms with Crippen LogP contribution in [0.4, 0.5) is 16.2 Å². The lowest BCUT2D eigenvalue weighted by atomic mass is 9.97. The van der Waals surface area contributed by atoms with Gasteiger partial charge in [0.1, 0.15) is 11.6 Å². The predicted molar refractivity (Wildman–Crippen MR) is 91.6 cm³/mol. The molecule has 1 aliphatic carbocycles. The van der Waals surface area contributed by atoms with Crippen molar-refractivity contribution in [2.24, 2.45) is 0 Å². The van der Waals surface area contributed by atoms with Crippen LogP contribution in [0.2, 0.25) is 0 Å².